The van der Waals surface area contributed by atoms with Gasteiger partial charge in [0.25, 0.3) is 11.7 Å². The number of nitrogens with zero attached hydrogens (tertiary/aromatic N) is 1. The van der Waals surface area contributed by atoms with Crippen molar-refractivity contribution in [3.63, 3.8) is 0 Å². The smallest absolute Gasteiger partial charge is 0.300 e. The van der Waals surface area contributed by atoms with Crippen LogP contribution in [0.25, 0.3) is 5.76 Å². The predicted molar refractivity (Wildman–Crippen MR) is 143 cm³/mol. The van der Waals surface area contributed by atoms with E-state index < -0.39 is 17.7 Å². The van der Waals surface area contributed by atoms with Gasteiger partial charge >= 0.3 is 0 Å². The molecule has 1 fully saturated rings. The molecule has 1 heterocycles. The van der Waals surface area contributed by atoms with Crippen LogP contribution in [0.3, 0.4) is 0 Å². The van der Waals surface area contributed by atoms with E-state index in [4.69, 9.17) is 25.8 Å². The molecule has 8 heteroatoms. The molecule has 192 valence electrons. The first kappa shape index (κ1) is 26.1. The number of ketones is 1. The first-order valence-electron chi connectivity index (χ1n) is 11.6. The highest BCUT2D eigenvalue weighted by molar-refractivity contribution is 6.52. The summed E-state index contributed by atoms with van der Waals surface area (Å²) in [5.41, 5.74) is 3.64. The number of hydrogen-bond donors (Lipinski definition) is 1. The van der Waals surface area contributed by atoms with E-state index in [9.17, 15) is 14.7 Å². The third-order valence-corrected chi connectivity index (χ3v) is 6.71. The predicted octanol–water partition coefficient (Wildman–Crippen LogP) is 5.92. The minimum atomic E-state index is -0.970. The summed E-state index contributed by atoms with van der Waals surface area (Å²) in [6.45, 7) is 5.55. The van der Waals surface area contributed by atoms with Crippen molar-refractivity contribution in [3.8, 4) is 17.2 Å². The molecule has 0 aliphatic carbocycles. The van der Waals surface area contributed by atoms with Gasteiger partial charge in [-0.05, 0) is 73.4 Å². The monoisotopic (exact) mass is 521 g/mol. The van der Waals surface area contributed by atoms with Crippen LogP contribution in [0.2, 0.25) is 5.02 Å². The van der Waals surface area contributed by atoms with Crippen LogP contribution in [0.5, 0.6) is 17.2 Å². The van der Waals surface area contributed by atoms with Crippen LogP contribution in [0.4, 0.5) is 5.69 Å². The largest absolute Gasteiger partial charge is 0.507 e. The van der Waals surface area contributed by atoms with Gasteiger partial charge in [-0.1, -0.05) is 29.8 Å². The lowest BCUT2D eigenvalue weighted by Crippen LogP contribution is -2.30. The van der Waals surface area contributed by atoms with Crippen molar-refractivity contribution >= 4 is 34.7 Å². The summed E-state index contributed by atoms with van der Waals surface area (Å²) in [6.07, 6.45) is 0. The molecule has 1 atom stereocenters. The minimum absolute atomic E-state index is 0.0695. The van der Waals surface area contributed by atoms with Gasteiger partial charge in [0.15, 0.2) is 11.5 Å². The first-order chi connectivity index (χ1) is 17.6. The Balaban J connectivity index is 2.06. The van der Waals surface area contributed by atoms with Gasteiger partial charge in [-0.25, -0.2) is 0 Å². The maximum atomic E-state index is 13.6. The zero-order valence-electron chi connectivity index (χ0n) is 21.5. The number of methoxy groups -OCH3 is 3. The third-order valence-electron chi connectivity index (χ3n) is 6.48. The summed E-state index contributed by atoms with van der Waals surface area (Å²) in [6, 6.07) is 12.9. The molecule has 0 saturated carbocycles. The van der Waals surface area contributed by atoms with Gasteiger partial charge in [-0.2, -0.15) is 0 Å². The number of halogens is 1. The summed E-state index contributed by atoms with van der Waals surface area (Å²) in [7, 11) is 4.51. The van der Waals surface area contributed by atoms with E-state index in [1.165, 1.54) is 26.2 Å². The van der Waals surface area contributed by atoms with E-state index in [0.29, 0.717) is 39.1 Å². The van der Waals surface area contributed by atoms with Gasteiger partial charge in [0.05, 0.1) is 38.5 Å². The number of benzene rings is 3. The summed E-state index contributed by atoms with van der Waals surface area (Å²) in [5.74, 6) is -0.619. The second kappa shape index (κ2) is 10.2. The Morgan fingerprint density at radius 2 is 1.57 bits per heavy atom. The fourth-order valence-electron chi connectivity index (χ4n) is 4.81. The zero-order chi connectivity index (χ0) is 27.0. The van der Waals surface area contributed by atoms with Crippen LogP contribution in [0.15, 0.2) is 54.1 Å². The van der Waals surface area contributed by atoms with Crippen molar-refractivity contribution in [2.75, 3.05) is 26.2 Å². The summed E-state index contributed by atoms with van der Waals surface area (Å²) < 4.78 is 16.4. The lowest BCUT2D eigenvalue weighted by molar-refractivity contribution is -0.132. The molecule has 1 saturated heterocycles. The Morgan fingerprint density at radius 1 is 0.865 bits per heavy atom. The molecule has 4 rings (SSSR count). The Kier molecular flexibility index (Phi) is 7.18. The molecule has 1 unspecified atom stereocenters. The maximum absolute atomic E-state index is 13.6. The highest BCUT2D eigenvalue weighted by Crippen LogP contribution is 2.46. The molecule has 0 spiro atoms. The standard InChI is InChI=1S/C29H28ClNO6/c1-15-11-17(3)28(37-6)20(12-15)26(32)24-25(18-8-10-22(35-4)23(13-18)36-5)31(29(34)27(24)33)21-14-19(30)9-7-16(21)2/h7-14,25,32H,1-6H3/b26-24+. The van der Waals surface area contributed by atoms with E-state index >= 15 is 0 Å². The van der Waals surface area contributed by atoms with Crippen LogP contribution >= 0.6 is 11.6 Å². The van der Waals surface area contributed by atoms with Crippen LogP contribution in [-0.4, -0.2) is 38.1 Å². The average Bonchev–Trinajstić information content (AvgIpc) is 3.14. The van der Waals surface area contributed by atoms with Gasteiger partial charge in [0.2, 0.25) is 0 Å². The number of aliphatic hydroxyl groups is 1. The van der Waals surface area contributed by atoms with Gasteiger partial charge < -0.3 is 19.3 Å². The molecule has 1 aliphatic rings. The number of Topliss-reactive ketones (excluding diaryl/α,β-unsaturated/α-hetero) is 1. The van der Waals surface area contributed by atoms with Crippen molar-refractivity contribution in [1.82, 2.24) is 0 Å². The number of aryl methyl sites for hydroxylation is 3. The highest BCUT2D eigenvalue weighted by Gasteiger charge is 2.48. The number of rotatable bonds is 6. The topological polar surface area (TPSA) is 85.3 Å². The van der Waals surface area contributed by atoms with Crippen LogP contribution in [0.1, 0.15) is 33.9 Å². The zero-order valence-corrected chi connectivity index (χ0v) is 22.3. The van der Waals surface area contributed by atoms with Crippen molar-refractivity contribution in [1.29, 1.82) is 0 Å². The number of amides is 1. The molecule has 37 heavy (non-hydrogen) atoms. The Labute approximate surface area is 220 Å². The van der Waals surface area contributed by atoms with Gasteiger partial charge in [-0.3, -0.25) is 14.5 Å². The van der Waals surface area contributed by atoms with Gasteiger partial charge in [-0.15, -0.1) is 0 Å². The number of anilines is 1. The summed E-state index contributed by atoms with van der Waals surface area (Å²) >= 11 is 6.29. The second-order valence-corrected chi connectivity index (χ2v) is 9.31. The number of ether oxygens (including phenoxy) is 3. The van der Waals surface area contributed by atoms with Crippen molar-refractivity contribution < 1.29 is 28.9 Å². The van der Waals surface area contributed by atoms with E-state index in [0.717, 1.165) is 16.7 Å². The number of carbonyl (C=O) groups excluding carboxylic acids is 2. The Hall–Kier alpha value is -3.97. The molecule has 1 amide bonds. The number of carbonyl (C=O) groups is 2. The Morgan fingerprint density at radius 3 is 2.22 bits per heavy atom. The SMILES string of the molecule is COc1ccc(C2/C(=C(\O)c3cc(C)cc(C)c3OC)C(=O)C(=O)N2c2cc(Cl)ccc2C)cc1OC. The molecule has 0 bridgehead atoms. The van der Waals surface area contributed by atoms with Crippen LogP contribution in [-0.2, 0) is 9.59 Å². The molecule has 7 nitrogen and oxygen atoms in total. The molecule has 1 aliphatic heterocycles. The summed E-state index contributed by atoms with van der Waals surface area (Å²) in [5, 5.41) is 12.0. The third kappa shape index (κ3) is 4.51. The quantitative estimate of drug-likeness (QED) is 0.246. The molecular formula is C29H28ClNO6. The van der Waals surface area contributed by atoms with Crippen molar-refractivity contribution in [2.24, 2.45) is 0 Å². The molecule has 3 aromatic rings. The highest BCUT2D eigenvalue weighted by atomic mass is 35.5. The molecule has 3 aromatic carbocycles. The van der Waals surface area contributed by atoms with E-state index in [1.807, 2.05) is 26.8 Å². The van der Waals surface area contributed by atoms with Crippen molar-refractivity contribution in [2.45, 2.75) is 26.8 Å². The maximum Gasteiger partial charge on any atom is 0.300 e. The van der Waals surface area contributed by atoms with Gasteiger partial charge in [0, 0.05) is 10.7 Å². The first-order valence-corrected chi connectivity index (χ1v) is 11.9. The average molecular weight is 522 g/mol. The van der Waals surface area contributed by atoms with E-state index in [1.54, 1.807) is 42.5 Å². The molecule has 1 N–H and O–H groups in total. The fraction of sp³-hybridized carbons (Fsp3) is 0.241. The normalized spacial score (nSPS) is 16.7. The van der Waals surface area contributed by atoms with E-state index in [-0.39, 0.29) is 11.3 Å². The minimum Gasteiger partial charge on any atom is -0.507 e. The molecule has 0 aromatic heterocycles. The van der Waals surface area contributed by atoms with Crippen molar-refractivity contribution in [3.05, 3.63) is 86.9 Å². The lowest BCUT2D eigenvalue weighted by atomic mass is 9.93. The molecular weight excluding hydrogens is 494 g/mol. The summed E-state index contributed by atoms with van der Waals surface area (Å²) in [4.78, 5) is 28.5. The Bertz CT molecular complexity index is 1440. The fourth-order valence-corrected chi connectivity index (χ4v) is 4.97. The molecule has 0 radical (unpaired) electrons. The second-order valence-electron chi connectivity index (χ2n) is 8.88. The van der Waals surface area contributed by atoms with Gasteiger partial charge in [0.1, 0.15) is 11.5 Å². The lowest BCUT2D eigenvalue weighted by Gasteiger charge is -2.27. The van der Waals surface area contributed by atoms with E-state index in [2.05, 4.69) is 0 Å². The number of aliphatic hydroxyl groups excluding tert-OH is 1. The van der Waals surface area contributed by atoms with Crippen LogP contribution < -0.4 is 19.1 Å². The van der Waals surface area contributed by atoms with Crippen LogP contribution in [0, 0.1) is 20.8 Å². The number of hydrogen-bond acceptors (Lipinski definition) is 6.